The number of anilines is 2. The minimum Gasteiger partial charge on any atom is -0.380 e. The number of rotatable bonds is 9. The second-order valence-electron chi connectivity index (χ2n) is 6.66. The Morgan fingerprint density at radius 3 is 2.04 bits per heavy atom. The highest BCUT2D eigenvalue weighted by Crippen LogP contribution is 2.17. The Hall–Kier alpha value is -2.88. The normalized spacial score (nSPS) is 12.0. The Labute approximate surface area is 153 Å². The van der Waals surface area contributed by atoms with Gasteiger partial charge in [0.25, 0.3) is 10.9 Å². The average molecular weight is 348 g/mol. The van der Waals surface area contributed by atoms with Crippen molar-refractivity contribution in [2.75, 3.05) is 17.2 Å². The molecule has 1 atom stereocenters. The minimum atomic E-state index is -0.421. The minimum absolute atomic E-state index is 0.0746. The third kappa shape index (κ3) is 4.39. The Morgan fingerprint density at radius 2 is 1.38 bits per heavy atom. The van der Waals surface area contributed by atoms with E-state index in [1.54, 1.807) is 0 Å². The molecule has 0 unspecified atom stereocenters. The molecule has 0 aliphatic rings. The van der Waals surface area contributed by atoms with Gasteiger partial charge in [0.05, 0.1) is 0 Å². The summed E-state index contributed by atoms with van der Waals surface area (Å²) in [6.07, 6.45) is 2.64. The van der Waals surface area contributed by atoms with Crippen molar-refractivity contribution >= 4 is 11.4 Å². The summed E-state index contributed by atoms with van der Waals surface area (Å²) in [7, 11) is 0. The Morgan fingerprint density at radius 1 is 0.808 bits per heavy atom. The number of hydrogen-bond donors (Lipinski definition) is 2. The number of aryl methyl sites for hydroxylation is 1. The van der Waals surface area contributed by atoms with E-state index in [-0.39, 0.29) is 6.04 Å². The summed E-state index contributed by atoms with van der Waals surface area (Å²) in [6, 6.07) is 20.4. The van der Waals surface area contributed by atoms with E-state index in [2.05, 4.69) is 34.9 Å². The molecule has 4 heteroatoms. The van der Waals surface area contributed by atoms with E-state index in [1.165, 1.54) is 11.1 Å². The molecule has 4 nitrogen and oxygen atoms in total. The van der Waals surface area contributed by atoms with Crippen molar-refractivity contribution in [1.29, 1.82) is 0 Å². The molecule has 0 saturated carbocycles. The first-order valence-corrected chi connectivity index (χ1v) is 9.06. The molecule has 0 spiro atoms. The van der Waals surface area contributed by atoms with Gasteiger partial charge in [-0.05, 0) is 37.3 Å². The van der Waals surface area contributed by atoms with Crippen LogP contribution >= 0.6 is 0 Å². The van der Waals surface area contributed by atoms with Gasteiger partial charge in [-0.2, -0.15) is 0 Å². The fraction of sp³-hybridized carbons (Fsp3) is 0.273. The van der Waals surface area contributed by atoms with Crippen LogP contribution in [0.3, 0.4) is 0 Å². The summed E-state index contributed by atoms with van der Waals surface area (Å²) in [6.45, 7) is 2.69. The predicted molar refractivity (Wildman–Crippen MR) is 108 cm³/mol. The fourth-order valence-electron chi connectivity index (χ4n) is 3.11. The topological polar surface area (TPSA) is 58.2 Å². The zero-order valence-electron chi connectivity index (χ0n) is 15.0. The first-order chi connectivity index (χ1) is 12.6. The van der Waals surface area contributed by atoms with Crippen LogP contribution in [0.1, 0.15) is 24.5 Å². The van der Waals surface area contributed by atoms with Crippen LogP contribution in [-0.2, 0) is 12.8 Å². The van der Waals surface area contributed by atoms with Crippen molar-refractivity contribution in [3.63, 3.8) is 0 Å². The smallest absolute Gasteiger partial charge is 0.253 e. The molecule has 0 aliphatic heterocycles. The molecule has 0 radical (unpaired) electrons. The summed E-state index contributed by atoms with van der Waals surface area (Å²) in [5.41, 5.74) is 2.49. The maximum Gasteiger partial charge on any atom is 0.253 e. The van der Waals surface area contributed by atoms with Crippen LogP contribution in [0.25, 0.3) is 0 Å². The monoisotopic (exact) mass is 348 g/mol. The highest BCUT2D eigenvalue weighted by atomic mass is 16.2. The summed E-state index contributed by atoms with van der Waals surface area (Å²) in [5, 5.41) is 6.34. The summed E-state index contributed by atoms with van der Waals surface area (Å²) >= 11 is 0. The van der Waals surface area contributed by atoms with Crippen LogP contribution in [-0.4, -0.2) is 12.6 Å². The Balaban J connectivity index is 1.52. The lowest BCUT2D eigenvalue weighted by Gasteiger charge is -2.19. The van der Waals surface area contributed by atoms with Gasteiger partial charge < -0.3 is 10.6 Å². The maximum absolute atomic E-state index is 11.9. The van der Waals surface area contributed by atoms with E-state index in [0.717, 1.165) is 19.3 Å². The van der Waals surface area contributed by atoms with Crippen LogP contribution in [0.15, 0.2) is 70.3 Å². The van der Waals surface area contributed by atoms with Crippen molar-refractivity contribution in [3.05, 3.63) is 92.2 Å². The molecule has 26 heavy (non-hydrogen) atoms. The third-order valence-corrected chi connectivity index (χ3v) is 4.47. The summed E-state index contributed by atoms with van der Waals surface area (Å²) in [5.74, 6) is 0. The van der Waals surface area contributed by atoms with Gasteiger partial charge in [0, 0.05) is 12.6 Å². The van der Waals surface area contributed by atoms with Crippen molar-refractivity contribution in [2.45, 2.75) is 32.2 Å². The van der Waals surface area contributed by atoms with Crippen LogP contribution < -0.4 is 21.5 Å². The first kappa shape index (κ1) is 17.9. The van der Waals surface area contributed by atoms with Crippen molar-refractivity contribution in [1.82, 2.24) is 0 Å². The predicted octanol–water partition coefficient (Wildman–Crippen LogP) is 3.37. The zero-order valence-corrected chi connectivity index (χ0v) is 15.0. The van der Waals surface area contributed by atoms with Gasteiger partial charge in [0.15, 0.2) is 0 Å². The molecular formula is C22H24N2O2. The quantitative estimate of drug-likeness (QED) is 0.460. The molecule has 3 rings (SSSR count). The molecule has 0 aliphatic carbocycles. The van der Waals surface area contributed by atoms with Gasteiger partial charge in [-0.3, -0.25) is 9.59 Å². The van der Waals surface area contributed by atoms with E-state index in [1.807, 2.05) is 43.3 Å². The van der Waals surface area contributed by atoms with Gasteiger partial charge in [-0.25, -0.2) is 0 Å². The van der Waals surface area contributed by atoms with Gasteiger partial charge in [-0.15, -0.1) is 0 Å². The average Bonchev–Trinajstić information content (AvgIpc) is 2.68. The molecule has 0 bridgehead atoms. The molecule has 3 aromatic carbocycles. The highest BCUT2D eigenvalue weighted by molar-refractivity contribution is 5.74. The van der Waals surface area contributed by atoms with Crippen molar-refractivity contribution in [3.8, 4) is 0 Å². The standard InChI is InChI=1S/C22H24N2O2/c1-16(15-18-11-6-3-7-12-18)24-20-19(21(25)22(20)26)23-14-8-13-17-9-4-2-5-10-17/h2-7,9-12,16,23-24H,8,13-15H2,1H3/t16-/m0/s1. The van der Waals surface area contributed by atoms with E-state index in [9.17, 15) is 9.59 Å². The molecule has 0 heterocycles. The largest absolute Gasteiger partial charge is 0.380 e. The van der Waals surface area contributed by atoms with Crippen LogP contribution in [0, 0.1) is 0 Å². The molecule has 0 saturated heterocycles. The lowest BCUT2D eigenvalue weighted by atomic mass is 10.1. The van der Waals surface area contributed by atoms with E-state index in [4.69, 9.17) is 0 Å². The molecule has 0 amide bonds. The fourth-order valence-corrected chi connectivity index (χ4v) is 3.11. The lowest BCUT2D eigenvalue weighted by molar-refractivity contribution is 0.786. The van der Waals surface area contributed by atoms with Crippen LogP contribution in [0.5, 0.6) is 0 Å². The third-order valence-electron chi connectivity index (χ3n) is 4.47. The van der Waals surface area contributed by atoms with Gasteiger partial charge in [0.2, 0.25) is 0 Å². The van der Waals surface area contributed by atoms with Gasteiger partial charge >= 0.3 is 0 Å². The second kappa shape index (κ2) is 8.48. The number of nitrogens with one attached hydrogen (secondary N) is 2. The van der Waals surface area contributed by atoms with E-state index >= 15 is 0 Å². The SMILES string of the molecule is C[C@@H](Cc1ccccc1)Nc1c(NCCCc2ccccc2)c(=O)c1=O. The molecule has 3 aromatic rings. The van der Waals surface area contributed by atoms with Gasteiger partial charge in [-0.1, -0.05) is 60.7 Å². The highest BCUT2D eigenvalue weighted by Gasteiger charge is 2.21. The van der Waals surface area contributed by atoms with Crippen LogP contribution in [0.2, 0.25) is 0 Å². The van der Waals surface area contributed by atoms with E-state index in [0.29, 0.717) is 17.9 Å². The number of hydrogen-bond acceptors (Lipinski definition) is 4. The lowest BCUT2D eigenvalue weighted by Crippen LogP contribution is -2.39. The first-order valence-electron chi connectivity index (χ1n) is 9.06. The molecule has 0 aromatic heterocycles. The maximum atomic E-state index is 11.9. The second-order valence-corrected chi connectivity index (χ2v) is 6.66. The zero-order chi connectivity index (χ0) is 18.4. The van der Waals surface area contributed by atoms with Crippen LogP contribution in [0.4, 0.5) is 11.4 Å². The molecule has 0 fully saturated rings. The molecule has 2 N–H and O–H groups in total. The summed E-state index contributed by atoms with van der Waals surface area (Å²) in [4.78, 5) is 23.8. The summed E-state index contributed by atoms with van der Waals surface area (Å²) < 4.78 is 0. The van der Waals surface area contributed by atoms with E-state index < -0.39 is 10.9 Å². The number of benzene rings is 2. The Bertz CT molecular complexity index is 897. The Kier molecular flexibility index (Phi) is 5.84. The van der Waals surface area contributed by atoms with Gasteiger partial charge in [0.1, 0.15) is 11.4 Å². The van der Waals surface area contributed by atoms with Crippen molar-refractivity contribution in [2.24, 2.45) is 0 Å². The molecule has 134 valence electrons. The van der Waals surface area contributed by atoms with Crippen molar-refractivity contribution < 1.29 is 0 Å². The molecular weight excluding hydrogens is 324 g/mol.